The van der Waals surface area contributed by atoms with Crippen molar-refractivity contribution in [1.29, 1.82) is 0 Å². The average molecular weight is 252 g/mol. The SMILES string of the molecule is COCc1ccc2c(c1C(C)C(=O)O)OCCO2. The highest BCUT2D eigenvalue weighted by Gasteiger charge is 2.26. The van der Waals surface area contributed by atoms with Crippen molar-refractivity contribution in [2.75, 3.05) is 20.3 Å². The molecule has 5 nitrogen and oxygen atoms in total. The second-order valence-corrected chi connectivity index (χ2v) is 4.16. The van der Waals surface area contributed by atoms with E-state index in [1.165, 1.54) is 0 Å². The van der Waals surface area contributed by atoms with Gasteiger partial charge < -0.3 is 19.3 Å². The van der Waals surface area contributed by atoms with Gasteiger partial charge in [-0.05, 0) is 18.6 Å². The predicted molar refractivity (Wildman–Crippen MR) is 64.2 cm³/mol. The van der Waals surface area contributed by atoms with Gasteiger partial charge >= 0.3 is 5.97 Å². The molecule has 2 rings (SSSR count). The van der Waals surface area contributed by atoms with Gasteiger partial charge in [-0.15, -0.1) is 0 Å². The van der Waals surface area contributed by atoms with Crippen LogP contribution in [-0.4, -0.2) is 31.4 Å². The summed E-state index contributed by atoms with van der Waals surface area (Å²) in [5.74, 6) is -0.420. The Bertz CT molecular complexity index is 455. The zero-order valence-corrected chi connectivity index (χ0v) is 10.4. The quantitative estimate of drug-likeness (QED) is 0.885. The number of hydrogen-bond acceptors (Lipinski definition) is 4. The van der Waals surface area contributed by atoms with Gasteiger partial charge in [0.15, 0.2) is 11.5 Å². The van der Waals surface area contributed by atoms with E-state index in [0.717, 1.165) is 5.56 Å². The van der Waals surface area contributed by atoms with Crippen molar-refractivity contribution in [2.45, 2.75) is 19.4 Å². The molecule has 18 heavy (non-hydrogen) atoms. The van der Waals surface area contributed by atoms with Crippen LogP contribution in [0.2, 0.25) is 0 Å². The Hall–Kier alpha value is -1.75. The molecule has 0 aromatic heterocycles. The minimum Gasteiger partial charge on any atom is -0.486 e. The van der Waals surface area contributed by atoms with Crippen molar-refractivity contribution >= 4 is 5.97 Å². The van der Waals surface area contributed by atoms with Crippen LogP contribution in [0.25, 0.3) is 0 Å². The number of aliphatic carboxylic acids is 1. The Morgan fingerprint density at radius 2 is 2.17 bits per heavy atom. The molecule has 1 aliphatic rings. The molecule has 0 aliphatic carbocycles. The first-order valence-corrected chi connectivity index (χ1v) is 5.78. The van der Waals surface area contributed by atoms with Crippen LogP contribution in [0.3, 0.4) is 0 Å². The molecule has 1 aliphatic heterocycles. The summed E-state index contributed by atoms with van der Waals surface area (Å²) in [6.07, 6.45) is 0. The van der Waals surface area contributed by atoms with Crippen LogP contribution in [0.4, 0.5) is 0 Å². The number of methoxy groups -OCH3 is 1. The summed E-state index contributed by atoms with van der Waals surface area (Å²) in [6.45, 7) is 2.90. The van der Waals surface area contributed by atoms with E-state index in [4.69, 9.17) is 14.2 Å². The molecule has 1 aromatic carbocycles. The lowest BCUT2D eigenvalue weighted by Gasteiger charge is -2.24. The summed E-state index contributed by atoms with van der Waals surface area (Å²) in [5, 5.41) is 9.19. The van der Waals surface area contributed by atoms with E-state index in [-0.39, 0.29) is 0 Å². The highest BCUT2D eigenvalue weighted by atomic mass is 16.6. The molecule has 1 atom stereocenters. The normalized spacial score (nSPS) is 15.2. The van der Waals surface area contributed by atoms with Crippen LogP contribution in [-0.2, 0) is 16.1 Å². The standard InChI is InChI=1S/C13H16O5/c1-8(13(14)15)11-9(7-16-2)3-4-10-12(11)18-6-5-17-10/h3-4,8H,5-7H2,1-2H3,(H,14,15). The number of carboxylic acid groups (broad SMARTS) is 1. The first-order chi connectivity index (χ1) is 8.65. The Labute approximate surface area is 105 Å². The molecule has 98 valence electrons. The maximum Gasteiger partial charge on any atom is 0.310 e. The van der Waals surface area contributed by atoms with Crippen LogP contribution in [0.1, 0.15) is 24.0 Å². The summed E-state index contributed by atoms with van der Waals surface area (Å²) in [5.41, 5.74) is 1.46. The topological polar surface area (TPSA) is 65.0 Å². The minimum atomic E-state index is -0.894. The van der Waals surface area contributed by atoms with Crippen molar-refractivity contribution < 1.29 is 24.1 Å². The molecule has 1 N–H and O–H groups in total. The number of fused-ring (bicyclic) bond motifs is 1. The molecule has 0 saturated carbocycles. The monoisotopic (exact) mass is 252 g/mol. The van der Waals surface area contributed by atoms with Crippen LogP contribution in [0.15, 0.2) is 12.1 Å². The molecule has 1 aromatic rings. The van der Waals surface area contributed by atoms with Crippen LogP contribution in [0.5, 0.6) is 11.5 Å². The van der Waals surface area contributed by atoms with Gasteiger partial charge in [-0.25, -0.2) is 0 Å². The number of ether oxygens (including phenoxy) is 3. The van der Waals surface area contributed by atoms with Crippen LogP contribution < -0.4 is 9.47 Å². The number of rotatable bonds is 4. The maximum absolute atomic E-state index is 11.2. The fourth-order valence-electron chi connectivity index (χ4n) is 2.06. The third kappa shape index (κ3) is 2.26. The van der Waals surface area contributed by atoms with Gasteiger partial charge in [0.05, 0.1) is 12.5 Å². The number of carboxylic acids is 1. The first kappa shape index (κ1) is 12.7. The molecule has 1 unspecified atom stereocenters. The number of hydrogen-bond donors (Lipinski definition) is 1. The number of benzene rings is 1. The lowest BCUT2D eigenvalue weighted by Crippen LogP contribution is -2.20. The highest BCUT2D eigenvalue weighted by Crippen LogP contribution is 2.40. The van der Waals surface area contributed by atoms with E-state index in [9.17, 15) is 9.90 Å². The van der Waals surface area contributed by atoms with Gasteiger partial charge in [0.25, 0.3) is 0 Å². The fourth-order valence-corrected chi connectivity index (χ4v) is 2.06. The van der Waals surface area contributed by atoms with Crippen LogP contribution in [0, 0.1) is 0 Å². The molecule has 0 spiro atoms. The Balaban J connectivity index is 2.52. The minimum absolute atomic E-state index is 0.351. The second kappa shape index (κ2) is 5.27. The summed E-state index contributed by atoms with van der Waals surface area (Å²) < 4.78 is 16.1. The zero-order chi connectivity index (χ0) is 13.1. The lowest BCUT2D eigenvalue weighted by molar-refractivity contribution is -0.138. The van der Waals surface area contributed by atoms with E-state index in [1.54, 1.807) is 20.1 Å². The molecule has 5 heteroatoms. The summed E-state index contributed by atoms with van der Waals surface area (Å²) in [6, 6.07) is 3.62. The third-order valence-corrected chi connectivity index (χ3v) is 2.94. The number of carbonyl (C=O) groups is 1. The van der Waals surface area contributed by atoms with E-state index in [2.05, 4.69) is 0 Å². The van der Waals surface area contributed by atoms with Gasteiger partial charge in [-0.3, -0.25) is 4.79 Å². The summed E-state index contributed by atoms with van der Waals surface area (Å²) in [7, 11) is 1.58. The first-order valence-electron chi connectivity index (χ1n) is 5.78. The maximum atomic E-state index is 11.2. The van der Waals surface area contributed by atoms with E-state index in [1.807, 2.05) is 6.07 Å². The van der Waals surface area contributed by atoms with Gasteiger partial charge in [-0.2, -0.15) is 0 Å². The lowest BCUT2D eigenvalue weighted by atomic mass is 9.94. The van der Waals surface area contributed by atoms with Crippen molar-refractivity contribution in [1.82, 2.24) is 0 Å². The third-order valence-electron chi connectivity index (χ3n) is 2.94. The smallest absolute Gasteiger partial charge is 0.310 e. The molecule has 0 bridgehead atoms. The summed E-state index contributed by atoms with van der Waals surface area (Å²) in [4.78, 5) is 11.2. The van der Waals surface area contributed by atoms with E-state index >= 15 is 0 Å². The Kier molecular flexibility index (Phi) is 3.72. The molecule has 1 heterocycles. The average Bonchev–Trinajstić information content (AvgIpc) is 2.38. The summed E-state index contributed by atoms with van der Waals surface area (Å²) >= 11 is 0. The molecule has 0 fully saturated rings. The van der Waals surface area contributed by atoms with Gasteiger partial charge in [0.2, 0.25) is 0 Å². The highest BCUT2D eigenvalue weighted by molar-refractivity contribution is 5.78. The molecular formula is C13H16O5. The van der Waals surface area contributed by atoms with Crippen LogP contribution >= 0.6 is 0 Å². The van der Waals surface area contributed by atoms with Gasteiger partial charge in [-0.1, -0.05) is 6.07 Å². The molecule has 0 amide bonds. The van der Waals surface area contributed by atoms with Crippen molar-refractivity contribution in [3.05, 3.63) is 23.3 Å². The van der Waals surface area contributed by atoms with E-state index < -0.39 is 11.9 Å². The second-order valence-electron chi connectivity index (χ2n) is 4.16. The molecule has 0 radical (unpaired) electrons. The van der Waals surface area contributed by atoms with E-state index in [0.29, 0.717) is 36.9 Å². The predicted octanol–water partition coefficient (Wildman–Crippen LogP) is 1.79. The largest absolute Gasteiger partial charge is 0.486 e. The van der Waals surface area contributed by atoms with Gasteiger partial charge in [0, 0.05) is 12.7 Å². The van der Waals surface area contributed by atoms with Gasteiger partial charge in [0.1, 0.15) is 13.2 Å². The zero-order valence-electron chi connectivity index (χ0n) is 10.4. The van der Waals surface area contributed by atoms with Crippen molar-refractivity contribution in [3.63, 3.8) is 0 Å². The van der Waals surface area contributed by atoms with Crippen molar-refractivity contribution in [2.24, 2.45) is 0 Å². The van der Waals surface area contributed by atoms with Crippen molar-refractivity contribution in [3.8, 4) is 11.5 Å². The molecule has 0 saturated heterocycles. The fraction of sp³-hybridized carbons (Fsp3) is 0.462. The Morgan fingerprint density at radius 1 is 1.44 bits per heavy atom. The Morgan fingerprint density at radius 3 is 2.83 bits per heavy atom. The molecular weight excluding hydrogens is 236 g/mol.